The van der Waals surface area contributed by atoms with Gasteiger partial charge in [-0.25, -0.2) is 4.79 Å². The van der Waals surface area contributed by atoms with Crippen LogP contribution in [0.15, 0.2) is 22.8 Å². The van der Waals surface area contributed by atoms with E-state index in [0.717, 1.165) is 0 Å². The van der Waals surface area contributed by atoms with E-state index in [1.165, 1.54) is 13.8 Å². The second-order valence-corrected chi connectivity index (χ2v) is 14.5. The fourth-order valence-electron chi connectivity index (χ4n) is 9.52. The van der Waals surface area contributed by atoms with E-state index in [4.69, 9.17) is 4.74 Å². The topological polar surface area (TPSA) is 141 Å². The molecule has 0 heterocycles. The van der Waals surface area contributed by atoms with Gasteiger partial charge in [0.05, 0.1) is 17.3 Å². The number of carbonyl (C=O) groups is 3. The lowest BCUT2D eigenvalue weighted by atomic mass is 9.41. The van der Waals surface area contributed by atoms with Crippen molar-refractivity contribution in [3.05, 3.63) is 22.8 Å². The maximum atomic E-state index is 12.9. The van der Waals surface area contributed by atoms with Crippen LogP contribution >= 0.6 is 0 Å². The van der Waals surface area contributed by atoms with E-state index in [1.807, 2.05) is 20.8 Å². The normalized spacial score (nSPS) is 42.4. The predicted octanol–water partition coefficient (Wildman–Crippen LogP) is 4.35. The third-order valence-electron chi connectivity index (χ3n) is 11.8. The average molecular weight is 561 g/mol. The number of aliphatic hydroxyl groups is 3. The number of fused-ring (bicyclic) bond motifs is 4. The molecule has 0 saturated heterocycles. The molecule has 0 radical (unpaired) electrons. The Morgan fingerprint density at radius 3 is 2.27 bits per heavy atom. The average Bonchev–Trinajstić information content (AvgIpc) is 3.06. The smallest absolute Gasteiger partial charge is 0.330 e. The van der Waals surface area contributed by atoms with Crippen molar-refractivity contribution in [2.24, 2.45) is 34.0 Å². The van der Waals surface area contributed by atoms with Crippen LogP contribution in [0.4, 0.5) is 0 Å². The lowest BCUT2D eigenvalue weighted by Gasteiger charge is -2.64. The largest absolute Gasteiger partial charge is 0.478 e. The standard InChI is InChI=1S/C32H48O8/c1-17(27(36)37)9-10-22(40-19(3)33)18(2)20-16-31(8,38)26-25-21(34)15-23-28(4,5)24(35)11-12-30(23,7)32(25,39)14-13-29(20,26)6/h9,18,20-23,34,38-39H,10-16H2,1-8H3,(H,36,37)/t18-,20+,21+,22-,23-,29+,30-,31+,32+/m0/s1. The van der Waals surface area contributed by atoms with Crippen LogP contribution in [-0.4, -0.2) is 61.6 Å². The van der Waals surface area contributed by atoms with Gasteiger partial charge in [-0.2, -0.15) is 0 Å². The van der Waals surface area contributed by atoms with E-state index in [1.54, 1.807) is 13.0 Å². The summed E-state index contributed by atoms with van der Waals surface area (Å²) in [5.41, 5.74) is -3.18. The molecule has 40 heavy (non-hydrogen) atoms. The molecule has 0 amide bonds. The van der Waals surface area contributed by atoms with Crippen LogP contribution in [0.5, 0.6) is 0 Å². The van der Waals surface area contributed by atoms with Gasteiger partial charge in [0.2, 0.25) is 0 Å². The molecule has 0 unspecified atom stereocenters. The highest BCUT2D eigenvalue weighted by Crippen LogP contribution is 2.70. The van der Waals surface area contributed by atoms with Crippen LogP contribution in [-0.2, 0) is 19.1 Å². The molecule has 3 fully saturated rings. The number of ether oxygens (including phenoxy) is 1. The van der Waals surface area contributed by atoms with E-state index in [0.29, 0.717) is 49.7 Å². The van der Waals surface area contributed by atoms with E-state index in [-0.39, 0.29) is 35.5 Å². The Kier molecular flexibility index (Phi) is 7.55. The third kappa shape index (κ3) is 4.40. The zero-order valence-electron chi connectivity index (χ0n) is 25.3. The third-order valence-corrected chi connectivity index (χ3v) is 11.8. The summed E-state index contributed by atoms with van der Waals surface area (Å²) in [6.45, 7) is 14.5. The lowest BCUT2D eigenvalue weighted by molar-refractivity contribution is -0.189. The minimum Gasteiger partial charge on any atom is -0.478 e. The van der Waals surface area contributed by atoms with Gasteiger partial charge < -0.3 is 25.2 Å². The predicted molar refractivity (Wildman–Crippen MR) is 149 cm³/mol. The molecule has 8 heteroatoms. The van der Waals surface area contributed by atoms with Crippen molar-refractivity contribution >= 4 is 17.7 Å². The Morgan fingerprint density at radius 1 is 1.07 bits per heavy atom. The molecular weight excluding hydrogens is 512 g/mol. The Morgan fingerprint density at radius 2 is 1.70 bits per heavy atom. The van der Waals surface area contributed by atoms with Gasteiger partial charge in [0.1, 0.15) is 11.9 Å². The highest BCUT2D eigenvalue weighted by Gasteiger charge is 2.70. The van der Waals surface area contributed by atoms with Crippen molar-refractivity contribution in [1.29, 1.82) is 0 Å². The van der Waals surface area contributed by atoms with Crippen LogP contribution in [0.3, 0.4) is 0 Å². The number of carbonyl (C=O) groups excluding carboxylic acids is 2. The summed E-state index contributed by atoms with van der Waals surface area (Å²) in [5.74, 6) is -1.92. The second-order valence-electron chi connectivity index (χ2n) is 14.5. The monoisotopic (exact) mass is 560 g/mol. The molecule has 4 N–H and O–H groups in total. The summed E-state index contributed by atoms with van der Waals surface area (Å²) in [6.07, 6.45) is 2.78. The molecule has 0 aromatic carbocycles. The molecular formula is C32H48O8. The number of hydrogen-bond donors (Lipinski definition) is 4. The maximum Gasteiger partial charge on any atom is 0.330 e. The molecule has 3 saturated carbocycles. The Bertz CT molecular complexity index is 1160. The minimum atomic E-state index is -1.36. The van der Waals surface area contributed by atoms with Crippen LogP contribution in [0.1, 0.15) is 100 Å². The van der Waals surface area contributed by atoms with Gasteiger partial charge in [-0.05, 0) is 80.3 Å². The van der Waals surface area contributed by atoms with Gasteiger partial charge in [0, 0.05) is 36.2 Å². The number of rotatable bonds is 6. The molecule has 9 atom stereocenters. The number of carboxylic acid groups (broad SMARTS) is 1. The van der Waals surface area contributed by atoms with E-state index < -0.39 is 51.6 Å². The second kappa shape index (κ2) is 9.77. The minimum absolute atomic E-state index is 0.153. The zero-order valence-corrected chi connectivity index (χ0v) is 25.3. The number of carboxylic acids is 1. The highest BCUT2D eigenvalue weighted by atomic mass is 16.5. The summed E-state index contributed by atoms with van der Waals surface area (Å²) < 4.78 is 5.71. The van der Waals surface area contributed by atoms with Gasteiger partial charge in [-0.15, -0.1) is 0 Å². The summed E-state index contributed by atoms with van der Waals surface area (Å²) >= 11 is 0. The van der Waals surface area contributed by atoms with E-state index >= 15 is 0 Å². The summed E-state index contributed by atoms with van der Waals surface area (Å²) in [6, 6.07) is 0. The first kappa shape index (κ1) is 30.9. The number of aliphatic carboxylic acids is 1. The van der Waals surface area contributed by atoms with Crippen LogP contribution < -0.4 is 0 Å². The van der Waals surface area contributed by atoms with Crippen molar-refractivity contribution in [3.63, 3.8) is 0 Å². The highest BCUT2D eigenvalue weighted by molar-refractivity contribution is 5.86. The summed E-state index contributed by atoms with van der Waals surface area (Å²) in [7, 11) is 0. The molecule has 4 aliphatic carbocycles. The van der Waals surface area contributed by atoms with Gasteiger partial charge in [-0.3, -0.25) is 9.59 Å². The van der Waals surface area contributed by atoms with Gasteiger partial charge >= 0.3 is 11.9 Å². The molecule has 4 aliphatic rings. The number of esters is 1. The molecule has 0 bridgehead atoms. The number of hydrogen-bond acceptors (Lipinski definition) is 7. The number of Topliss-reactive ketones (excluding diaryl/α,β-unsaturated/α-hetero) is 1. The molecule has 4 rings (SSSR count). The van der Waals surface area contributed by atoms with Gasteiger partial charge in [0.15, 0.2) is 0 Å². The first-order chi connectivity index (χ1) is 18.2. The molecule has 0 aliphatic heterocycles. The SMILES string of the molecule is CC(=O)O[C@@H](CC=C(C)C(=O)O)[C@@H](C)[C@H]1C[C@@](C)(O)C2=C3[C@H](O)C[C@H]4C(C)(C)C(=O)CC[C@]4(C)[C@@]3(O)CC[C@@]21C. The van der Waals surface area contributed by atoms with Gasteiger partial charge in [0.25, 0.3) is 0 Å². The number of aliphatic hydroxyl groups excluding tert-OH is 1. The van der Waals surface area contributed by atoms with Crippen molar-refractivity contribution in [2.75, 3.05) is 0 Å². The quantitative estimate of drug-likeness (QED) is 0.213. The molecule has 8 nitrogen and oxygen atoms in total. The first-order valence-corrected chi connectivity index (χ1v) is 14.7. The van der Waals surface area contributed by atoms with Crippen molar-refractivity contribution < 1.29 is 39.5 Å². The Hall–Kier alpha value is -2.03. The van der Waals surface area contributed by atoms with Crippen molar-refractivity contribution in [3.8, 4) is 0 Å². The Labute approximate surface area is 237 Å². The zero-order chi connectivity index (χ0) is 30.2. The number of ketones is 1. The van der Waals surface area contributed by atoms with Crippen LogP contribution in [0.25, 0.3) is 0 Å². The molecule has 0 aromatic heterocycles. The van der Waals surface area contributed by atoms with Gasteiger partial charge in [-0.1, -0.05) is 40.7 Å². The van der Waals surface area contributed by atoms with Crippen LogP contribution in [0.2, 0.25) is 0 Å². The maximum absolute atomic E-state index is 12.9. The lowest BCUT2D eigenvalue weighted by Crippen LogP contribution is -2.67. The first-order valence-electron chi connectivity index (χ1n) is 14.7. The van der Waals surface area contributed by atoms with E-state index in [2.05, 4.69) is 13.8 Å². The molecule has 0 aromatic rings. The molecule has 224 valence electrons. The van der Waals surface area contributed by atoms with Crippen molar-refractivity contribution in [1.82, 2.24) is 0 Å². The van der Waals surface area contributed by atoms with Crippen molar-refractivity contribution in [2.45, 2.75) is 124 Å². The van der Waals surface area contributed by atoms with Crippen LogP contribution in [0, 0.1) is 34.0 Å². The Balaban J connectivity index is 1.81. The fraction of sp³-hybridized carbons (Fsp3) is 0.781. The fourth-order valence-corrected chi connectivity index (χ4v) is 9.52. The summed E-state index contributed by atoms with van der Waals surface area (Å²) in [4.78, 5) is 36.4. The summed E-state index contributed by atoms with van der Waals surface area (Å²) in [5, 5.41) is 45.6. The van der Waals surface area contributed by atoms with E-state index in [9.17, 15) is 34.8 Å². The molecule has 0 spiro atoms.